The van der Waals surface area contributed by atoms with Crippen LogP contribution in [0.3, 0.4) is 0 Å². The summed E-state index contributed by atoms with van der Waals surface area (Å²) in [6.45, 7) is 2.63. The fourth-order valence-electron chi connectivity index (χ4n) is 8.15. The zero-order valence-electron chi connectivity index (χ0n) is 55.2. The van der Waals surface area contributed by atoms with Gasteiger partial charge in [-0.2, -0.15) is 26.3 Å². The van der Waals surface area contributed by atoms with Gasteiger partial charge >= 0.3 is 87.1 Å². The summed E-state index contributed by atoms with van der Waals surface area (Å²) in [5, 5.41) is 35.0. The largest absolute Gasteiger partial charge is 1.00 e. The Kier molecular flexibility index (Phi) is 40.0. The van der Waals surface area contributed by atoms with Gasteiger partial charge in [0.05, 0.1) is 20.3 Å². The van der Waals surface area contributed by atoms with Crippen molar-refractivity contribution < 1.29 is 150 Å². The molecule has 9 rings (SSSR count). The number of aldehydes is 1. The summed E-state index contributed by atoms with van der Waals surface area (Å²) in [6, 6.07) is 42.9. The maximum Gasteiger partial charge on any atom is 1.00 e. The van der Waals surface area contributed by atoms with Gasteiger partial charge in [0, 0.05) is 42.2 Å². The minimum atomic E-state index is -3.85. The van der Waals surface area contributed by atoms with Crippen molar-refractivity contribution >= 4 is 148 Å². The number of nitrogens with zero attached hydrogens (tertiary/aromatic N) is 1. The second-order valence-electron chi connectivity index (χ2n) is 21.2. The van der Waals surface area contributed by atoms with Gasteiger partial charge in [-0.1, -0.05) is 179 Å². The van der Waals surface area contributed by atoms with Crippen LogP contribution in [0, 0.1) is 0 Å². The fraction of sp³-hybridized carbons (Fsp3) is 0.189. The number of alkyl halides is 6. The van der Waals surface area contributed by atoms with Gasteiger partial charge in [0.15, 0.2) is 11.5 Å². The van der Waals surface area contributed by atoms with Crippen molar-refractivity contribution in [2.45, 2.75) is 42.8 Å². The zero-order chi connectivity index (χ0) is 76.3. The van der Waals surface area contributed by atoms with Crippen LogP contribution in [0.2, 0.25) is 30.1 Å². The number of aliphatic carboxylic acids is 2. The van der Waals surface area contributed by atoms with Gasteiger partial charge in [-0.3, -0.25) is 19.2 Å². The number of amides is 1. The number of benzene rings is 7. The van der Waals surface area contributed by atoms with Crippen LogP contribution >= 0.6 is 69.6 Å². The van der Waals surface area contributed by atoms with Gasteiger partial charge in [-0.25, -0.2) is 14.4 Å². The maximum atomic E-state index is 14.7. The number of hydrogen-bond donors (Lipinski definition) is 3. The molecule has 2 atom stereocenters. The Balaban J connectivity index is 0.000000344. The number of ketones is 2. The smallest absolute Gasteiger partial charge is 0.541 e. The molecule has 0 aromatic heterocycles. The van der Waals surface area contributed by atoms with E-state index in [-0.39, 0.29) is 57.9 Å². The molecular formula is C74H63Cl6F6KN2O15. The number of methoxy groups -OCH3 is 2. The molecule has 0 aliphatic carbocycles. The predicted octanol–water partition coefficient (Wildman–Crippen LogP) is 12.2. The number of nitrogens with one attached hydrogen (secondary N) is 1. The number of esters is 2. The van der Waals surface area contributed by atoms with Crippen molar-refractivity contribution in [3.05, 3.63) is 263 Å². The molecule has 0 spiro atoms. The molecule has 0 radical (unpaired) electrons. The van der Waals surface area contributed by atoms with Crippen molar-refractivity contribution in [2.75, 3.05) is 47.1 Å². The summed E-state index contributed by atoms with van der Waals surface area (Å²) in [7, 11) is 2.07. The summed E-state index contributed by atoms with van der Waals surface area (Å²) in [5.74, 6) is -19.8. The fourth-order valence-corrected chi connectivity index (χ4v) is 8.91. The van der Waals surface area contributed by atoms with Crippen molar-refractivity contribution in [1.82, 2.24) is 10.2 Å². The first-order valence-corrected chi connectivity index (χ1v) is 32.4. The normalized spacial score (nSPS) is 13.1. The van der Waals surface area contributed by atoms with Crippen LogP contribution in [-0.4, -0.2) is 134 Å². The van der Waals surface area contributed by atoms with E-state index in [0.717, 1.165) is 76.3 Å². The third-order valence-corrected chi connectivity index (χ3v) is 15.1. The first kappa shape index (κ1) is 90.3. The minimum Gasteiger partial charge on any atom is -0.541 e. The first-order chi connectivity index (χ1) is 48.7. The quantitative estimate of drug-likeness (QED) is 0.0151. The Labute approximate surface area is 666 Å². The summed E-state index contributed by atoms with van der Waals surface area (Å²) in [6.07, 6.45) is 11.3. The Hall–Kier alpha value is -7.92. The zero-order valence-corrected chi connectivity index (χ0v) is 62.9. The van der Waals surface area contributed by atoms with E-state index >= 15 is 0 Å². The second kappa shape index (κ2) is 46.1. The van der Waals surface area contributed by atoms with E-state index in [2.05, 4.69) is 14.8 Å². The van der Waals surface area contributed by atoms with Gasteiger partial charge in [-0.05, 0) is 175 Å². The van der Waals surface area contributed by atoms with Crippen LogP contribution in [-0.2, 0) is 43.0 Å². The summed E-state index contributed by atoms with van der Waals surface area (Å²) < 4.78 is 99.9. The molecule has 0 unspecified atom stereocenters. The van der Waals surface area contributed by atoms with Crippen LogP contribution in [0.4, 0.5) is 26.3 Å². The monoisotopic (exact) mass is 1580 g/mol. The van der Waals surface area contributed by atoms with Gasteiger partial charge < -0.3 is 49.3 Å². The Morgan fingerprint density at radius 1 is 0.519 bits per heavy atom. The van der Waals surface area contributed by atoms with Gasteiger partial charge in [0.2, 0.25) is 5.78 Å². The molecule has 30 heteroatoms. The number of likely N-dealkylation sites (tertiary alicyclic amines) is 1. The van der Waals surface area contributed by atoms with E-state index in [1.807, 2.05) is 4.90 Å². The van der Waals surface area contributed by atoms with Gasteiger partial charge in [-0.15, -0.1) is 0 Å². The third-order valence-electron chi connectivity index (χ3n) is 13.6. The topological polar surface area (TPSA) is 252 Å². The van der Waals surface area contributed by atoms with Crippen molar-refractivity contribution in [1.29, 1.82) is 0 Å². The molecule has 7 aromatic carbocycles. The Morgan fingerprint density at radius 2 is 0.875 bits per heavy atom. The van der Waals surface area contributed by atoms with Crippen LogP contribution in [0.25, 0.3) is 30.4 Å². The van der Waals surface area contributed by atoms with Crippen molar-refractivity contribution in [3.8, 4) is 11.5 Å². The van der Waals surface area contributed by atoms with E-state index in [4.69, 9.17) is 84.2 Å². The molecular weight excluding hydrogens is 1520 g/mol. The molecule has 104 heavy (non-hydrogen) atoms. The minimum absolute atomic E-state index is 0. The van der Waals surface area contributed by atoms with E-state index in [0.29, 0.717) is 106 Å². The Bertz CT molecular complexity index is 4110. The third kappa shape index (κ3) is 33.9. The van der Waals surface area contributed by atoms with Gasteiger partial charge in [0.1, 0.15) is 31.6 Å². The van der Waals surface area contributed by atoms with Crippen molar-refractivity contribution in [3.63, 3.8) is 0 Å². The number of carboxylic acid groups (broad SMARTS) is 2. The molecule has 544 valence electrons. The number of halogens is 12. The number of fused-ring (bicyclic) bond motifs is 1. The average Bonchev–Trinajstić information content (AvgIpc) is 1.06. The molecule has 2 aliphatic heterocycles. The standard InChI is InChI=1S/C25H27ClF2N2O4.C11H9ClF2O2.C11H9ClO3.C10H7ClF2O2.C10H7ClO3.C7H5ClO.K/c26-19-6-3-17(4-7-19)9-10-25(27,28)24(32)29-20(16-30-11-1-2-12-30)23(31)18-5-8-21-22(15-18)34-14-13-33-21;1-16-10(15)11(13,14)7-6-8-2-4-9(12)5-3-8;1-15-11(14)10(13)7-4-8-2-5-9(12)6-3-8;11-8-3-1-7(2-4-8)5-6-10(12,13)9(14)15;11-8-4-1-7(2-5-8)3-6-9(12)10(13)14;8-7-3-1-6(5-9)2-4-7;/h3-10,15,20,23,31H,1-2,11-14,16H2,(H,29,32);2-7H,1H3;2-7H,1H3;1-6H,(H,14,15);1-6H,(H,13,14);1-5H;/q;;;;;;+1/p-1/b10-9+;7-6+;7-4+;6-5+;6-3+;;/t20-,23-;;;;;;/m1....../s1. The number of carbonyl (C=O) groups is 8. The molecule has 0 bridgehead atoms. The molecule has 2 aliphatic rings. The molecule has 17 nitrogen and oxygen atoms in total. The van der Waals surface area contributed by atoms with Crippen LogP contribution in [0.15, 0.2) is 194 Å². The predicted molar refractivity (Wildman–Crippen MR) is 381 cm³/mol. The summed E-state index contributed by atoms with van der Waals surface area (Å²) in [4.78, 5) is 87.9. The first-order valence-electron chi connectivity index (χ1n) is 30.1. The van der Waals surface area contributed by atoms with E-state index in [1.54, 1.807) is 140 Å². The summed E-state index contributed by atoms with van der Waals surface area (Å²) >= 11 is 33.9. The SMILES string of the molecule is COC(=O)C(=O)/C=C/c1ccc(Cl)cc1.COC(=O)C(F)(F)/C=C/c1ccc(Cl)cc1.O=C(N[C@H](CN1CCCC1)[C@H](O)c1ccc2c(c1)OCCO2)C(F)(F)/C=C/c1ccc(Cl)cc1.O=C(O)C(F)(F)/C=C/c1ccc(Cl)cc1.O=C([O-])C(=O)/C=C/c1ccc(Cl)cc1.O=Cc1ccc(Cl)cc1.[K+]. The average molecular weight is 1590 g/mol. The Morgan fingerprint density at radius 3 is 1.24 bits per heavy atom. The van der Waals surface area contributed by atoms with E-state index < -0.39 is 71.3 Å². The number of ether oxygens (including phenoxy) is 4. The maximum absolute atomic E-state index is 14.7. The number of hydrogen-bond acceptors (Lipinski definition) is 15. The molecule has 1 amide bonds. The van der Waals surface area contributed by atoms with Crippen molar-refractivity contribution in [2.24, 2.45) is 0 Å². The van der Waals surface area contributed by atoms with E-state index in [9.17, 15) is 74.9 Å². The summed E-state index contributed by atoms with van der Waals surface area (Å²) in [5.41, 5.74) is 4.06. The molecule has 2 heterocycles. The van der Waals surface area contributed by atoms with Crippen LogP contribution < -0.4 is 71.3 Å². The number of aliphatic hydroxyl groups excluding tert-OH is 1. The molecule has 1 fully saturated rings. The molecule has 3 N–H and O–H groups in total. The van der Waals surface area contributed by atoms with Crippen LogP contribution in [0.1, 0.15) is 62.7 Å². The van der Waals surface area contributed by atoms with Crippen LogP contribution in [0.5, 0.6) is 11.5 Å². The van der Waals surface area contributed by atoms with Gasteiger partial charge in [0.25, 0.3) is 11.7 Å². The number of carboxylic acids is 2. The molecule has 1 saturated heterocycles. The second-order valence-corrected chi connectivity index (χ2v) is 23.8. The number of carbonyl (C=O) groups excluding carboxylic acids is 7. The number of rotatable bonds is 21. The molecule has 7 aromatic rings. The number of aliphatic hydroxyl groups is 1. The van der Waals surface area contributed by atoms with E-state index in [1.165, 1.54) is 42.5 Å². The molecule has 0 saturated carbocycles.